The Kier molecular flexibility index (Phi) is 20.4. The molecule has 0 aliphatic heterocycles. The largest absolute Gasteiger partial charge is 2.00 e. The monoisotopic (exact) mass is 1430 g/mol. The van der Waals surface area contributed by atoms with Crippen molar-refractivity contribution in [2.75, 3.05) is 0 Å². The normalized spacial score (nSPS) is 11.9. The molecule has 0 spiro atoms. The van der Waals surface area contributed by atoms with E-state index in [9.17, 15) is 105 Å². The van der Waals surface area contributed by atoms with Crippen molar-refractivity contribution >= 4 is 99.3 Å². The Morgan fingerprint density at radius 3 is 0.187 bits per heavy atom. The van der Waals surface area contributed by atoms with E-state index in [0.29, 0.717) is 0 Å². The van der Waals surface area contributed by atoms with Crippen LogP contribution in [0.1, 0.15) is 0 Å². The molecule has 0 aliphatic rings. The zero-order valence-electron chi connectivity index (χ0n) is 41.0. The van der Waals surface area contributed by atoms with Crippen LogP contribution in [-0.4, -0.2) is 63.9 Å². The van der Waals surface area contributed by atoms with Crippen molar-refractivity contribution in [1.82, 2.24) is 0 Å². The van der Waals surface area contributed by atoms with Gasteiger partial charge in [0.15, 0.2) is 140 Å². The predicted molar refractivity (Wildman–Crippen MR) is 224 cm³/mol. The van der Waals surface area contributed by atoms with E-state index >= 15 is 70.2 Å². The average molecular weight is 1430 g/mol. The molecule has 0 fully saturated rings. The fourth-order valence-electron chi connectivity index (χ4n) is 9.75. The van der Waals surface area contributed by atoms with Crippen molar-refractivity contribution in [2.24, 2.45) is 0 Å². The smallest absolute Gasteiger partial charge is 0.208 e. The summed E-state index contributed by atoms with van der Waals surface area (Å²) in [6, 6.07) is 0. The van der Waals surface area contributed by atoms with Crippen molar-refractivity contribution in [3.63, 3.8) is 0 Å². The Morgan fingerprint density at radius 1 is 0.0879 bits per heavy atom. The maximum absolute atomic E-state index is 15.4. The summed E-state index contributed by atoms with van der Waals surface area (Å²) < 4.78 is 561. The molecule has 0 radical (unpaired) electrons. The first-order valence-electron chi connectivity index (χ1n) is 21.9. The molecule has 0 nitrogen and oxygen atoms in total. The molecule has 480 valence electrons. The summed E-state index contributed by atoms with van der Waals surface area (Å²) in [5.74, 6) is -142. The molecule has 0 saturated heterocycles. The average Bonchev–Trinajstić information content (AvgIpc) is 0.690. The number of halogens is 40. The number of hydrogen-bond acceptors (Lipinski definition) is 0. The fourth-order valence-corrected chi connectivity index (χ4v) is 21.3. The number of benzene rings is 8. The molecule has 91 heavy (non-hydrogen) atoms. The van der Waals surface area contributed by atoms with Gasteiger partial charge in [-0.25, -0.2) is 176 Å². The summed E-state index contributed by atoms with van der Waals surface area (Å²) in [7, 11) is 0. The van der Waals surface area contributed by atoms with Gasteiger partial charge in [0.25, 0.3) is 0 Å². The van der Waals surface area contributed by atoms with Gasteiger partial charge in [-0.1, -0.05) is 0 Å². The summed E-state index contributed by atoms with van der Waals surface area (Å²) in [5.41, 5.74) is 0. The Balaban J connectivity index is 0.000000286. The third kappa shape index (κ3) is 10.1. The van der Waals surface area contributed by atoms with Gasteiger partial charge in [-0.3, -0.25) is 0 Å². The van der Waals surface area contributed by atoms with Gasteiger partial charge in [0.1, 0.15) is 93.1 Å². The van der Waals surface area contributed by atoms with E-state index in [4.69, 9.17) is 0 Å². The van der Waals surface area contributed by atoms with Crippen LogP contribution in [0, 0.1) is 233 Å². The minimum atomic E-state index is -9.08. The van der Waals surface area contributed by atoms with Gasteiger partial charge in [0, 0.05) is 0 Å². The van der Waals surface area contributed by atoms with Gasteiger partial charge in [0.05, 0.1) is 0 Å². The van der Waals surface area contributed by atoms with E-state index < -0.39 is 294 Å². The van der Waals surface area contributed by atoms with Crippen LogP contribution in [0.25, 0.3) is 0 Å². The van der Waals surface area contributed by atoms with Crippen molar-refractivity contribution < 1.29 is 176 Å². The van der Waals surface area contributed by atoms with Gasteiger partial charge < -0.3 is 0 Å². The molecule has 43 heteroatoms. The maximum Gasteiger partial charge on any atom is 2.00 e. The second kappa shape index (κ2) is 25.3. The van der Waals surface area contributed by atoms with E-state index in [1.54, 1.807) is 0 Å². The first kappa shape index (κ1) is 73.3. The summed E-state index contributed by atoms with van der Waals surface area (Å²) in [5, 5.41) is 0. The topological polar surface area (TPSA) is 0 Å². The van der Waals surface area contributed by atoms with E-state index in [0.717, 1.165) is 0 Å². The summed E-state index contributed by atoms with van der Waals surface area (Å²) in [6.07, 6.45) is 0. The van der Waals surface area contributed by atoms with Gasteiger partial charge in [-0.2, -0.15) is 0 Å². The van der Waals surface area contributed by atoms with Crippen LogP contribution in [0.4, 0.5) is 176 Å². The third-order valence-electron chi connectivity index (χ3n) is 13.4. The van der Waals surface area contributed by atoms with Crippen molar-refractivity contribution in [3.05, 3.63) is 233 Å². The molecule has 8 aromatic carbocycles. The van der Waals surface area contributed by atoms with Gasteiger partial charge in [-0.15, -0.1) is 35.4 Å². The van der Waals surface area contributed by atoms with Crippen LogP contribution >= 0.6 is 0 Å². The first-order valence-corrected chi connectivity index (χ1v) is 26.5. The Hall–Kier alpha value is -6.72. The molecular weight excluding hydrogens is 1430 g/mol. The van der Waals surface area contributed by atoms with Crippen LogP contribution in [0.15, 0.2) is 0 Å². The quantitative estimate of drug-likeness (QED) is 0.0616. The zero-order chi connectivity index (χ0) is 68.7. The van der Waals surface area contributed by atoms with Crippen molar-refractivity contribution in [3.8, 4) is 0 Å². The minimum absolute atomic E-state index is 0. The first-order chi connectivity index (χ1) is 41.4. The Labute approximate surface area is 505 Å². The van der Waals surface area contributed by atoms with Gasteiger partial charge in [0.2, 0.25) is 0 Å². The van der Waals surface area contributed by atoms with Crippen LogP contribution in [-0.2, 0) is 0 Å². The molecule has 0 unspecified atom stereocenters. The van der Waals surface area contributed by atoms with Crippen LogP contribution in [0.5, 0.6) is 0 Å². The Morgan fingerprint density at radius 2 is 0.132 bits per heavy atom. The molecule has 0 amide bonds. The maximum atomic E-state index is 15.4. The SMILES string of the molecule is Fc1c(F)c(F)[c]([Al-]([c]2c(F)c(F)c(F)c(F)c2F)([c]2c(F)c(F)c(F)c(F)c2F)[c]2c(F)c(F)c(F)c(F)c2F)c(F)c1F.Fc1c(F)c(F)[c]([Al-]([c]2c(F)c(F)c(F)c(F)c2F)([c]2c(F)c(F)c(F)c(F)c2F)[c]2c(F)c(F)c(F)c(F)c2F)c(F)c1F.[Ca+2]. The van der Waals surface area contributed by atoms with Crippen LogP contribution in [0.3, 0.4) is 0 Å². The molecule has 0 heterocycles. The van der Waals surface area contributed by atoms with E-state index in [1.165, 1.54) is 0 Å². The van der Waals surface area contributed by atoms with Gasteiger partial charge in [-0.05, 0) is 0 Å². The molecule has 8 rings (SSSR count). The van der Waals surface area contributed by atoms with Crippen molar-refractivity contribution in [1.29, 1.82) is 0 Å². The van der Waals surface area contributed by atoms with Crippen LogP contribution in [0.2, 0.25) is 0 Å². The molecule has 0 atom stereocenters. The summed E-state index contributed by atoms with van der Waals surface area (Å²) in [4.78, 5) is 0. The molecule has 0 aromatic heterocycles. The standard InChI is InChI=1S/8C6F5.2Al.Ca/c8*7-2-1-3(8)5(10)6(11)4(2)9;;;/q;;;;;;;;2*-1;+2. The predicted octanol–water partition coefficient (Wildman–Crippen LogP) is 11.3. The second-order valence-corrected chi connectivity index (χ2v) is 25.7. The van der Waals surface area contributed by atoms with Crippen LogP contribution < -0.4 is 35.4 Å². The molecular formula is C48Al2CaF40. The fraction of sp³-hybridized carbons (Fsp3) is 0. The van der Waals surface area contributed by atoms with E-state index in [1.807, 2.05) is 0 Å². The summed E-state index contributed by atoms with van der Waals surface area (Å²) in [6.45, 7) is 0. The Bertz CT molecular complexity index is 3430. The second-order valence-electron chi connectivity index (χ2n) is 17.6. The molecule has 0 saturated carbocycles. The van der Waals surface area contributed by atoms with E-state index in [-0.39, 0.29) is 37.7 Å². The molecule has 0 aliphatic carbocycles. The number of hydrogen-bond donors (Lipinski definition) is 0. The van der Waals surface area contributed by atoms with Crippen molar-refractivity contribution in [2.45, 2.75) is 0 Å². The van der Waals surface area contributed by atoms with Gasteiger partial charge >= 0.3 is 63.9 Å². The zero-order valence-corrected chi connectivity index (χ0v) is 45.5. The molecule has 0 N–H and O–H groups in total. The summed E-state index contributed by atoms with van der Waals surface area (Å²) >= 11 is -18.2. The molecule has 8 aromatic rings. The minimum Gasteiger partial charge on any atom is -0.208 e. The number of rotatable bonds is 8. The molecule has 0 bridgehead atoms. The van der Waals surface area contributed by atoms with E-state index in [2.05, 4.69) is 0 Å². The third-order valence-corrected chi connectivity index (χ3v) is 24.4.